The Balaban J connectivity index is 1.57. The molecule has 0 bridgehead atoms. The standard InChI is InChI=1S/C25H21NO4/c1-15-6-8-17(9-7-15)23-14-20-12-19(10-11-22(20)25(29)30-23)24(28)26-21-5-3-4-18(13-21)16(2)27/h3-13,23H,14H2,1-2H3,(H,26,28). The monoisotopic (exact) mass is 399 g/mol. The maximum Gasteiger partial charge on any atom is 0.339 e. The summed E-state index contributed by atoms with van der Waals surface area (Å²) in [5.41, 5.74) is 4.84. The SMILES string of the molecule is CC(=O)c1cccc(NC(=O)c2ccc3c(c2)CC(c2ccc(C)cc2)OC3=O)c1. The third-order valence-electron chi connectivity index (χ3n) is 5.22. The van der Waals surface area contributed by atoms with Gasteiger partial charge in [0.1, 0.15) is 6.10 Å². The molecular formula is C25H21NO4. The number of amides is 1. The van der Waals surface area contributed by atoms with Gasteiger partial charge in [-0.3, -0.25) is 9.59 Å². The third kappa shape index (κ3) is 4.01. The number of ketones is 1. The predicted molar refractivity (Wildman–Crippen MR) is 114 cm³/mol. The fraction of sp³-hybridized carbons (Fsp3) is 0.160. The first-order chi connectivity index (χ1) is 14.4. The molecule has 0 aromatic heterocycles. The number of Topliss-reactive ketones (excluding diaryl/α,β-unsaturated/α-hetero) is 1. The van der Waals surface area contributed by atoms with Crippen molar-refractivity contribution in [1.82, 2.24) is 0 Å². The Morgan fingerprint density at radius 2 is 1.73 bits per heavy atom. The number of nitrogens with one attached hydrogen (secondary N) is 1. The highest BCUT2D eigenvalue weighted by atomic mass is 16.5. The number of fused-ring (bicyclic) bond motifs is 1. The molecule has 1 aliphatic rings. The van der Waals surface area contributed by atoms with Gasteiger partial charge in [0.15, 0.2) is 5.78 Å². The lowest BCUT2D eigenvalue weighted by Crippen LogP contribution is -2.23. The van der Waals surface area contributed by atoms with Gasteiger partial charge in [0.25, 0.3) is 5.91 Å². The van der Waals surface area contributed by atoms with Crippen molar-refractivity contribution in [3.8, 4) is 0 Å². The van der Waals surface area contributed by atoms with E-state index in [2.05, 4.69) is 5.32 Å². The van der Waals surface area contributed by atoms with Crippen molar-refractivity contribution in [3.05, 3.63) is 100 Å². The van der Waals surface area contributed by atoms with Crippen molar-refractivity contribution < 1.29 is 19.1 Å². The maximum atomic E-state index is 12.7. The zero-order valence-electron chi connectivity index (χ0n) is 16.8. The predicted octanol–water partition coefficient (Wildman–Crippen LogP) is 4.90. The van der Waals surface area contributed by atoms with Crippen LogP contribution in [-0.2, 0) is 11.2 Å². The van der Waals surface area contributed by atoms with Crippen LogP contribution in [-0.4, -0.2) is 17.7 Å². The molecule has 0 saturated carbocycles. The van der Waals surface area contributed by atoms with Crippen molar-refractivity contribution in [2.45, 2.75) is 26.4 Å². The number of carbonyl (C=O) groups is 3. The van der Waals surface area contributed by atoms with Crippen LogP contribution in [0.2, 0.25) is 0 Å². The van der Waals surface area contributed by atoms with Gasteiger partial charge in [-0.05, 0) is 55.3 Å². The highest BCUT2D eigenvalue weighted by Gasteiger charge is 2.28. The zero-order valence-corrected chi connectivity index (χ0v) is 16.8. The second-order valence-electron chi connectivity index (χ2n) is 7.47. The summed E-state index contributed by atoms with van der Waals surface area (Å²) in [4.78, 5) is 36.7. The van der Waals surface area contributed by atoms with Gasteiger partial charge in [-0.1, -0.05) is 42.0 Å². The van der Waals surface area contributed by atoms with Crippen LogP contribution in [0.3, 0.4) is 0 Å². The van der Waals surface area contributed by atoms with E-state index in [-0.39, 0.29) is 23.8 Å². The summed E-state index contributed by atoms with van der Waals surface area (Å²) in [5.74, 6) is -0.757. The van der Waals surface area contributed by atoms with Gasteiger partial charge >= 0.3 is 5.97 Å². The summed E-state index contributed by atoms with van der Waals surface area (Å²) in [6.45, 7) is 3.48. The Labute approximate surface area is 174 Å². The molecule has 1 heterocycles. The van der Waals surface area contributed by atoms with E-state index >= 15 is 0 Å². The Kier molecular flexibility index (Phi) is 5.19. The first-order valence-electron chi connectivity index (χ1n) is 9.73. The first kappa shape index (κ1) is 19.6. The van der Waals surface area contributed by atoms with Crippen LogP contribution in [0.4, 0.5) is 5.69 Å². The Morgan fingerprint density at radius 3 is 2.47 bits per heavy atom. The van der Waals surface area contributed by atoms with Gasteiger partial charge in [0.05, 0.1) is 5.56 Å². The lowest BCUT2D eigenvalue weighted by atomic mass is 9.92. The highest BCUT2D eigenvalue weighted by Crippen LogP contribution is 2.31. The number of ether oxygens (including phenoxy) is 1. The fourth-order valence-electron chi connectivity index (χ4n) is 3.52. The average molecular weight is 399 g/mol. The number of esters is 1. The van der Waals surface area contributed by atoms with E-state index in [4.69, 9.17) is 4.74 Å². The van der Waals surface area contributed by atoms with E-state index in [0.29, 0.717) is 28.8 Å². The van der Waals surface area contributed by atoms with Crippen LogP contribution in [0.15, 0.2) is 66.7 Å². The molecule has 3 aromatic rings. The summed E-state index contributed by atoms with van der Waals surface area (Å²) in [6.07, 6.45) is 0.126. The lowest BCUT2D eigenvalue weighted by molar-refractivity contribution is 0.0252. The molecule has 0 radical (unpaired) electrons. The molecule has 0 aliphatic carbocycles. The topological polar surface area (TPSA) is 72.5 Å². The molecule has 3 aromatic carbocycles. The first-order valence-corrected chi connectivity index (χ1v) is 9.73. The highest BCUT2D eigenvalue weighted by molar-refractivity contribution is 6.06. The van der Waals surface area contributed by atoms with Gasteiger partial charge < -0.3 is 10.1 Å². The van der Waals surface area contributed by atoms with Crippen LogP contribution in [0.5, 0.6) is 0 Å². The minimum absolute atomic E-state index is 0.0689. The number of rotatable bonds is 4. The summed E-state index contributed by atoms with van der Waals surface area (Å²) < 4.78 is 5.60. The van der Waals surface area contributed by atoms with E-state index < -0.39 is 0 Å². The molecule has 30 heavy (non-hydrogen) atoms. The molecule has 1 unspecified atom stereocenters. The molecular weight excluding hydrogens is 378 g/mol. The number of hydrogen-bond donors (Lipinski definition) is 1. The van der Waals surface area contributed by atoms with Crippen LogP contribution in [0.25, 0.3) is 0 Å². The normalized spacial score (nSPS) is 15.1. The minimum atomic E-state index is -0.386. The molecule has 150 valence electrons. The fourth-order valence-corrected chi connectivity index (χ4v) is 3.52. The molecule has 0 spiro atoms. The number of aryl methyl sites for hydroxylation is 1. The number of carbonyl (C=O) groups excluding carboxylic acids is 3. The van der Waals surface area contributed by atoms with Crippen LogP contribution in [0, 0.1) is 6.92 Å². The summed E-state index contributed by atoms with van der Waals surface area (Å²) in [5, 5.41) is 2.81. The van der Waals surface area contributed by atoms with Crippen molar-refractivity contribution >= 4 is 23.3 Å². The Bertz CT molecular complexity index is 1150. The Hall–Kier alpha value is -3.73. The molecule has 1 aliphatic heterocycles. The number of anilines is 1. The van der Waals surface area contributed by atoms with Gasteiger partial charge in [-0.15, -0.1) is 0 Å². The Morgan fingerprint density at radius 1 is 0.967 bits per heavy atom. The van der Waals surface area contributed by atoms with Crippen LogP contribution < -0.4 is 5.32 Å². The van der Waals surface area contributed by atoms with E-state index in [1.807, 2.05) is 31.2 Å². The number of hydrogen-bond acceptors (Lipinski definition) is 4. The molecule has 1 N–H and O–H groups in total. The largest absolute Gasteiger partial charge is 0.454 e. The molecule has 0 fully saturated rings. The molecule has 4 rings (SSSR count). The minimum Gasteiger partial charge on any atom is -0.454 e. The third-order valence-corrected chi connectivity index (χ3v) is 5.22. The van der Waals surface area contributed by atoms with E-state index in [9.17, 15) is 14.4 Å². The summed E-state index contributed by atoms with van der Waals surface area (Å²) in [7, 11) is 0. The average Bonchev–Trinajstić information content (AvgIpc) is 2.74. The van der Waals surface area contributed by atoms with Crippen LogP contribution >= 0.6 is 0 Å². The number of cyclic esters (lactones) is 1. The summed E-state index contributed by atoms with van der Waals surface area (Å²) >= 11 is 0. The molecule has 5 nitrogen and oxygen atoms in total. The van der Waals surface area contributed by atoms with Crippen molar-refractivity contribution in [3.63, 3.8) is 0 Å². The quantitative estimate of drug-likeness (QED) is 0.500. The maximum absolute atomic E-state index is 12.7. The van der Waals surface area contributed by atoms with Gasteiger partial charge in [0.2, 0.25) is 0 Å². The summed E-state index contributed by atoms with van der Waals surface area (Å²) in [6, 6.07) is 19.6. The number of benzene rings is 3. The smallest absolute Gasteiger partial charge is 0.339 e. The van der Waals surface area contributed by atoms with Crippen molar-refractivity contribution in [1.29, 1.82) is 0 Å². The van der Waals surface area contributed by atoms with Gasteiger partial charge in [-0.2, -0.15) is 0 Å². The molecule has 1 amide bonds. The second kappa shape index (κ2) is 7.95. The van der Waals surface area contributed by atoms with E-state index in [1.54, 1.807) is 42.5 Å². The van der Waals surface area contributed by atoms with Crippen molar-refractivity contribution in [2.75, 3.05) is 5.32 Å². The van der Waals surface area contributed by atoms with E-state index in [1.165, 1.54) is 6.92 Å². The molecule has 5 heteroatoms. The van der Waals surface area contributed by atoms with Gasteiger partial charge in [0, 0.05) is 23.2 Å². The molecule has 0 saturated heterocycles. The van der Waals surface area contributed by atoms with E-state index in [0.717, 1.165) is 16.7 Å². The van der Waals surface area contributed by atoms with Crippen LogP contribution in [0.1, 0.15) is 60.8 Å². The van der Waals surface area contributed by atoms with Crippen molar-refractivity contribution in [2.24, 2.45) is 0 Å². The second-order valence-corrected chi connectivity index (χ2v) is 7.47. The lowest BCUT2D eigenvalue weighted by Gasteiger charge is -2.25. The van der Waals surface area contributed by atoms with Gasteiger partial charge in [-0.25, -0.2) is 4.79 Å². The zero-order chi connectivity index (χ0) is 21.3. The molecule has 1 atom stereocenters.